The maximum Gasteiger partial charge on any atom is 0.123 e. The highest BCUT2D eigenvalue weighted by Gasteiger charge is 2.43. The van der Waals surface area contributed by atoms with Crippen molar-refractivity contribution in [3.63, 3.8) is 0 Å². The Morgan fingerprint density at radius 3 is 2.72 bits per heavy atom. The van der Waals surface area contributed by atoms with Gasteiger partial charge < -0.3 is 10.5 Å². The molecule has 1 saturated carbocycles. The molecular weight excluding hydrogens is 222 g/mol. The van der Waals surface area contributed by atoms with Gasteiger partial charge in [0, 0.05) is 17.5 Å². The van der Waals surface area contributed by atoms with Crippen LogP contribution in [0.2, 0.25) is 0 Å². The van der Waals surface area contributed by atoms with Gasteiger partial charge in [0.05, 0.1) is 6.61 Å². The maximum absolute atomic E-state index is 6.23. The Morgan fingerprint density at radius 2 is 1.94 bits per heavy atom. The maximum atomic E-state index is 6.23. The van der Waals surface area contributed by atoms with Gasteiger partial charge in [-0.15, -0.1) is 0 Å². The van der Waals surface area contributed by atoms with Crippen LogP contribution in [-0.4, -0.2) is 13.2 Å². The van der Waals surface area contributed by atoms with E-state index in [1.807, 2.05) is 0 Å². The first-order chi connectivity index (χ1) is 8.87. The van der Waals surface area contributed by atoms with Crippen molar-refractivity contribution in [3.05, 3.63) is 29.8 Å². The summed E-state index contributed by atoms with van der Waals surface area (Å²) < 4.78 is 5.82. The first kappa shape index (κ1) is 12.0. The summed E-state index contributed by atoms with van der Waals surface area (Å²) in [5, 5.41) is 0. The van der Waals surface area contributed by atoms with Crippen LogP contribution in [0.25, 0.3) is 0 Å². The predicted octanol–water partition coefficient (Wildman–Crippen LogP) is 3.25. The van der Waals surface area contributed by atoms with E-state index in [1.54, 1.807) is 0 Å². The lowest BCUT2D eigenvalue weighted by Crippen LogP contribution is -2.46. The number of hydrogen-bond donors (Lipinski definition) is 1. The second-order valence-corrected chi connectivity index (χ2v) is 5.79. The zero-order valence-electron chi connectivity index (χ0n) is 11.0. The van der Waals surface area contributed by atoms with Gasteiger partial charge in [-0.25, -0.2) is 0 Å². The largest absolute Gasteiger partial charge is 0.493 e. The third-order valence-electron chi connectivity index (χ3n) is 4.98. The quantitative estimate of drug-likeness (QED) is 0.868. The van der Waals surface area contributed by atoms with Crippen LogP contribution in [-0.2, 0) is 5.41 Å². The van der Waals surface area contributed by atoms with Gasteiger partial charge in [-0.1, -0.05) is 37.5 Å². The molecule has 3 rings (SSSR count). The first-order valence-electron chi connectivity index (χ1n) is 7.29. The van der Waals surface area contributed by atoms with Crippen molar-refractivity contribution in [2.45, 2.75) is 43.9 Å². The van der Waals surface area contributed by atoms with E-state index in [0.29, 0.717) is 0 Å². The van der Waals surface area contributed by atoms with Gasteiger partial charge in [0.2, 0.25) is 0 Å². The Balaban J connectivity index is 2.01. The van der Waals surface area contributed by atoms with Crippen molar-refractivity contribution in [1.29, 1.82) is 0 Å². The molecule has 2 aliphatic rings. The fourth-order valence-electron chi connectivity index (χ4n) is 3.94. The number of ether oxygens (including phenoxy) is 1. The van der Waals surface area contributed by atoms with Crippen molar-refractivity contribution < 1.29 is 4.74 Å². The molecule has 1 aromatic carbocycles. The van der Waals surface area contributed by atoms with Crippen molar-refractivity contribution in [1.82, 2.24) is 0 Å². The van der Waals surface area contributed by atoms with Gasteiger partial charge >= 0.3 is 0 Å². The summed E-state index contributed by atoms with van der Waals surface area (Å²) in [6.45, 7) is 1.59. The van der Waals surface area contributed by atoms with Gasteiger partial charge in [0.25, 0.3) is 0 Å². The number of nitrogens with two attached hydrogens (primary N) is 1. The highest BCUT2D eigenvalue weighted by atomic mass is 16.5. The lowest BCUT2D eigenvalue weighted by molar-refractivity contribution is 0.135. The number of para-hydroxylation sites is 1. The fraction of sp³-hybridized carbons (Fsp3) is 0.625. The molecule has 1 unspecified atom stereocenters. The van der Waals surface area contributed by atoms with Crippen LogP contribution in [0.15, 0.2) is 24.3 Å². The summed E-state index contributed by atoms with van der Waals surface area (Å²) in [4.78, 5) is 0. The molecule has 0 spiro atoms. The van der Waals surface area contributed by atoms with Crippen LogP contribution < -0.4 is 10.5 Å². The number of benzene rings is 1. The first-order valence-corrected chi connectivity index (χ1v) is 7.29. The molecule has 0 saturated heterocycles. The molecule has 0 aromatic heterocycles. The molecule has 1 aliphatic carbocycles. The van der Waals surface area contributed by atoms with Gasteiger partial charge in [-0.05, 0) is 31.2 Å². The van der Waals surface area contributed by atoms with Crippen molar-refractivity contribution >= 4 is 0 Å². The minimum absolute atomic E-state index is 0.176. The van der Waals surface area contributed by atoms with Crippen molar-refractivity contribution in [2.75, 3.05) is 13.2 Å². The highest BCUT2D eigenvalue weighted by Crippen LogP contribution is 2.48. The minimum Gasteiger partial charge on any atom is -0.493 e. The van der Waals surface area contributed by atoms with Gasteiger partial charge in [-0.2, -0.15) is 0 Å². The van der Waals surface area contributed by atoms with Crippen LogP contribution in [0, 0.1) is 5.92 Å². The van der Waals surface area contributed by atoms with Crippen LogP contribution in [0.3, 0.4) is 0 Å². The molecule has 1 aliphatic heterocycles. The fourth-order valence-corrected chi connectivity index (χ4v) is 3.94. The molecule has 0 amide bonds. The second kappa shape index (κ2) is 4.93. The highest BCUT2D eigenvalue weighted by molar-refractivity contribution is 5.42. The lowest BCUT2D eigenvalue weighted by atomic mass is 9.62. The lowest BCUT2D eigenvalue weighted by Gasteiger charge is -2.45. The SMILES string of the molecule is NCC1(C2CCCCC2)CCOc2ccccc21. The molecule has 98 valence electrons. The Hall–Kier alpha value is -1.02. The molecule has 1 aromatic rings. The third kappa shape index (κ3) is 1.83. The van der Waals surface area contributed by atoms with E-state index in [0.717, 1.165) is 31.2 Å². The average molecular weight is 245 g/mol. The number of rotatable bonds is 2. The van der Waals surface area contributed by atoms with Crippen LogP contribution in [0.1, 0.15) is 44.1 Å². The van der Waals surface area contributed by atoms with E-state index in [4.69, 9.17) is 10.5 Å². The zero-order chi connectivity index (χ0) is 12.4. The van der Waals surface area contributed by atoms with E-state index in [2.05, 4.69) is 24.3 Å². The smallest absolute Gasteiger partial charge is 0.123 e. The third-order valence-corrected chi connectivity index (χ3v) is 4.98. The molecule has 18 heavy (non-hydrogen) atoms. The molecule has 2 N–H and O–H groups in total. The minimum atomic E-state index is 0.176. The van der Waals surface area contributed by atoms with E-state index >= 15 is 0 Å². The Kier molecular flexibility index (Phi) is 3.29. The molecule has 0 radical (unpaired) electrons. The molecular formula is C16H23NO. The summed E-state index contributed by atoms with van der Waals surface area (Å²) in [7, 11) is 0. The van der Waals surface area contributed by atoms with Crippen molar-refractivity contribution in [3.8, 4) is 5.75 Å². The average Bonchev–Trinajstić information content (AvgIpc) is 2.47. The number of fused-ring (bicyclic) bond motifs is 1. The van der Waals surface area contributed by atoms with Gasteiger partial charge in [-0.3, -0.25) is 0 Å². The summed E-state index contributed by atoms with van der Waals surface area (Å²) in [5.74, 6) is 1.82. The number of hydrogen-bond acceptors (Lipinski definition) is 2. The summed E-state index contributed by atoms with van der Waals surface area (Å²) in [5.41, 5.74) is 7.77. The second-order valence-electron chi connectivity index (χ2n) is 5.79. The molecule has 1 heterocycles. The van der Waals surface area contributed by atoms with Gasteiger partial charge in [0.15, 0.2) is 0 Å². The zero-order valence-corrected chi connectivity index (χ0v) is 11.0. The molecule has 2 heteroatoms. The predicted molar refractivity (Wildman–Crippen MR) is 73.9 cm³/mol. The van der Waals surface area contributed by atoms with E-state index in [1.165, 1.54) is 37.7 Å². The normalized spacial score (nSPS) is 28.5. The Morgan fingerprint density at radius 1 is 1.17 bits per heavy atom. The summed E-state index contributed by atoms with van der Waals surface area (Å²) >= 11 is 0. The standard InChI is InChI=1S/C16H23NO/c17-12-16(13-6-2-1-3-7-13)10-11-18-15-9-5-4-8-14(15)16/h4-5,8-9,13H,1-3,6-7,10-12,17H2. The van der Waals surface area contributed by atoms with Crippen LogP contribution in [0.4, 0.5) is 0 Å². The molecule has 1 atom stereocenters. The topological polar surface area (TPSA) is 35.2 Å². The van der Waals surface area contributed by atoms with Crippen LogP contribution in [0.5, 0.6) is 5.75 Å². The van der Waals surface area contributed by atoms with Gasteiger partial charge in [0.1, 0.15) is 5.75 Å². The monoisotopic (exact) mass is 245 g/mol. The molecule has 1 fully saturated rings. The van der Waals surface area contributed by atoms with E-state index in [-0.39, 0.29) is 5.41 Å². The molecule has 2 nitrogen and oxygen atoms in total. The van der Waals surface area contributed by atoms with Crippen LogP contribution >= 0.6 is 0 Å². The van der Waals surface area contributed by atoms with E-state index < -0.39 is 0 Å². The Labute approximate surface area is 110 Å². The Bertz CT molecular complexity index is 411. The van der Waals surface area contributed by atoms with Crippen molar-refractivity contribution in [2.24, 2.45) is 11.7 Å². The summed E-state index contributed by atoms with van der Waals surface area (Å²) in [6.07, 6.45) is 7.91. The molecule has 0 bridgehead atoms. The van der Waals surface area contributed by atoms with E-state index in [9.17, 15) is 0 Å². The summed E-state index contributed by atoms with van der Waals surface area (Å²) in [6, 6.07) is 8.52.